The summed E-state index contributed by atoms with van der Waals surface area (Å²) < 4.78 is 1.70. The molecule has 1 aliphatic rings. The van der Waals surface area contributed by atoms with E-state index in [0.29, 0.717) is 23.6 Å². The number of aryl methyl sites for hydroxylation is 1. The summed E-state index contributed by atoms with van der Waals surface area (Å²) in [6.07, 6.45) is 2.46. The van der Waals surface area contributed by atoms with Crippen molar-refractivity contribution in [1.29, 1.82) is 5.26 Å². The van der Waals surface area contributed by atoms with Crippen LogP contribution in [0.3, 0.4) is 0 Å². The minimum atomic E-state index is 0.0162. The Morgan fingerprint density at radius 3 is 2.94 bits per heavy atom. The van der Waals surface area contributed by atoms with Gasteiger partial charge in [-0.05, 0) is 41.8 Å². The largest absolute Gasteiger partial charge is 0.383 e. The van der Waals surface area contributed by atoms with Gasteiger partial charge < -0.3 is 10.6 Å². The predicted molar refractivity (Wildman–Crippen MR) is 117 cm³/mol. The van der Waals surface area contributed by atoms with Gasteiger partial charge in [-0.1, -0.05) is 18.2 Å². The van der Waals surface area contributed by atoms with Gasteiger partial charge in [0.05, 0.1) is 23.4 Å². The zero-order chi connectivity index (χ0) is 21.5. The lowest BCUT2D eigenvalue weighted by Crippen LogP contribution is -2.30. The van der Waals surface area contributed by atoms with Crippen LogP contribution in [0.5, 0.6) is 0 Å². The van der Waals surface area contributed by atoms with Gasteiger partial charge in [-0.15, -0.1) is 0 Å². The molecule has 0 atom stereocenters. The summed E-state index contributed by atoms with van der Waals surface area (Å²) in [7, 11) is 1.83. The van der Waals surface area contributed by atoms with Crippen molar-refractivity contribution in [3.63, 3.8) is 0 Å². The van der Waals surface area contributed by atoms with E-state index in [-0.39, 0.29) is 12.3 Å². The third-order valence-corrected chi connectivity index (χ3v) is 5.61. The first-order chi connectivity index (χ1) is 15.0. The number of benzene rings is 2. The fourth-order valence-corrected chi connectivity index (χ4v) is 4.14. The molecule has 4 aromatic rings. The molecule has 0 bridgehead atoms. The van der Waals surface area contributed by atoms with Crippen molar-refractivity contribution in [2.75, 3.05) is 17.2 Å². The number of anilines is 2. The Bertz CT molecular complexity index is 1380. The molecule has 2 N–H and O–H groups in total. The number of aromatic nitrogens is 4. The van der Waals surface area contributed by atoms with Crippen LogP contribution in [0.2, 0.25) is 0 Å². The summed E-state index contributed by atoms with van der Waals surface area (Å²) in [5.41, 5.74) is 11.8. The summed E-state index contributed by atoms with van der Waals surface area (Å²) in [5.74, 6) is 0.410. The SMILES string of the molecule is Cn1nc(-c2ccc3c(c2)CCN3C(=O)Cc2cccc(C#N)c2)c2c(N)ncnc21. The molecule has 0 fully saturated rings. The van der Waals surface area contributed by atoms with Crippen LogP contribution in [0.15, 0.2) is 48.8 Å². The Kier molecular flexibility index (Phi) is 4.37. The van der Waals surface area contributed by atoms with Gasteiger partial charge in [-0.2, -0.15) is 10.4 Å². The lowest BCUT2D eigenvalue weighted by atomic mass is 10.0. The highest BCUT2D eigenvalue weighted by atomic mass is 16.2. The van der Waals surface area contributed by atoms with Gasteiger partial charge in [-0.25, -0.2) is 14.6 Å². The summed E-state index contributed by atoms with van der Waals surface area (Å²) in [6.45, 7) is 0.629. The Morgan fingerprint density at radius 2 is 2.10 bits per heavy atom. The molecule has 1 aliphatic heterocycles. The van der Waals surface area contributed by atoms with Crippen LogP contribution in [0.1, 0.15) is 16.7 Å². The van der Waals surface area contributed by atoms with Gasteiger partial charge >= 0.3 is 0 Å². The molecular weight excluding hydrogens is 390 g/mol. The van der Waals surface area contributed by atoms with Gasteiger partial charge in [0.25, 0.3) is 0 Å². The third kappa shape index (κ3) is 3.16. The molecule has 0 radical (unpaired) electrons. The highest BCUT2D eigenvalue weighted by Gasteiger charge is 2.26. The Hall–Kier alpha value is -4.25. The molecule has 0 spiro atoms. The molecule has 0 saturated carbocycles. The number of hydrogen-bond donors (Lipinski definition) is 1. The van der Waals surface area contributed by atoms with Gasteiger partial charge in [0, 0.05) is 24.8 Å². The van der Waals surface area contributed by atoms with Crippen LogP contribution in [0.4, 0.5) is 11.5 Å². The zero-order valence-corrected chi connectivity index (χ0v) is 16.9. The molecule has 0 aliphatic carbocycles. The first kappa shape index (κ1) is 18.8. The van der Waals surface area contributed by atoms with Gasteiger partial charge in [0.15, 0.2) is 5.65 Å². The number of rotatable bonds is 3. The fourth-order valence-electron chi connectivity index (χ4n) is 4.14. The van der Waals surface area contributed by atoms with Crippen molar-refractivity contribution in [2.45, 2.75) is 12.8 Å². The summed E-state index contributed by atoms with van der Waals surface area (Å²) >= 11 is 0. The number of nitrogens with zero attached hydrogens (tertiary/aromatic N) is 6. The van der Waals surface area contributed by atoms with Crippen molar-refractivity contribution in [2.24, 2.45) is 7.05 Å². The summed E-state index contributed by atoms with van der Waals surface area (Å²) in [6, 6.07) is 15.3. The molecule has 2 aromatic heterocycles. The van der Waals surface area contributed by atoms with Crippen molar-refractivity contribution in [3.05, 3.63) is 65.5 Å². The number of carbonyl (C=O) groups is 1. The fraction of sp³-hybridized carbons (Fsp3) is 0.174. The summed E-state index contributed by atoms with van der Waals surface area (Å²) in [4.78, 5) is 23.2. The van der Waals surface area contributed by atoms with Gasteiger partial charge in [-0.3, -0.25) is 4.79 Å². The maximum Gasteiger partial charge on any atom is 0.231 e. The van der Waals surface area contributed by atoms with Crippen LogP contribution < -0.4 is 10.6 Å². The van der Waals surface area contributed by atoms with E-state index in [1.54, 1.807) is 22.9 Å². The Labute approximate surface area is 178 Å². The second kappa shape index (κ2) is 7.22. The number of carbonyl (C=O) groups excluding carboxylic acids is 1. The molecule has 5 rings (SSSR count). The predicted octanol–water partition coefficient (Wildman–Crippen LogP) is 2.62. The molecule has 152 valence electrons. The van der Waals surface area contributed by atoms with E-state index in [4.69, 9.17) is 11.0 Å². The van der Waals surface area contributed by atoms with Crippen molar-refractivity contribution >= 4 is 28.4 Å². The number of amides is 1. The lowest BCUT2D eigenvalue weighted by molar-refractivity contribution is -0.117. The number of nitriles is 1. The standard InChI is InChI=1S/C23H19N7O/c1-29-23-20(22(25)26-13-27-23)21(28-29)17-5-6-18-16(11-17)7-8-30(18)19(31)10-14-3-2-4-15(9-14)12-24/h2-6,9,11,13H,7-8,10H2,1H3,(H2,25,26,27). The summed E-state index contributed by atoms with van der Waals surface area (Å²) in [5, 5.41) is 14.4. The highest BCUT2D eigenvalue weighted by molar-refractivity contribution is 6.00. The second-order valence-corrected chi connectivity index (χ2v) is 7.56. The van der Waals surface area contributed by atoms with E-state index in [0.717, 1.165) is 39.9 Å². The smallest absolute Gasteiger partial charge is 0.231 e. The maximum absolute atomic E-state index is 12.9. The molecule has 0 unspecified atom stereocenters. The highest BCUT2D eigenvalue weighted by Crippen LogP contribution is 2.35. The Morgan fingerprint density at radius 1 is 1.23 bits per heavy atom. The van der Waals surface area contributed by atoms with Crippen molar-refractivity contribution < 1.29 is 4.79 Å². The molecule has 8 heteroatoms. The van der Waals surface area contributed by atoms with Crippen LogP contribution in [0.25, 0.3) is 22.3 Å². The van der Waals surface area contributed by atoms with Crippen LogP contribution in [-0.4, -0.2) is 32.2 Å². The van der Waals surface area contributed by atoms with Crippen LogP contribution >= 0.6 is 0 Å². The quantitative estimate of drug-likeness (QED) is 0.556. The first-order valence-electron chi connectivity index (χ1n) is 9.91. The minimum absolute atomic E-state index is 0.0162. The second-order valence-electron chi connectivity index (χ2n) is 7.56. The first-order valence-corrected chi connectivity index (χ1v) is 9.91. The van der Waals surface area contributed by atoms with Crippen molar-refractivity contribution in [1.82, 2.24) is 19.7 Å². The van der Waals surface area contributed by atoms with E-state index >= 15 is 0 Å². The monoisotopic (exact) mass is 409 g/mol. The molecule has 8 nitrogen and oxygen atoms in total. The molecule has 3 heterocycles. The zero-order valence-electron chi connectivity index (χ0n) is 16.9. The van der Waals surface area contributed by atoms with Gasteiger partial charge in [0.2, 0.25) is 5.91 Å². The normalized spacial score (nSPS) is 12.7. The third-order valence-electron chi connectivity index (χ3n) is 5.61. The minimum Gasteiger partial charge on any atom is -0.383 e. The van der Waals surface area contributed by atoms with Crippen molar-refractivity contribution in [3.8, 4) is 17.3 Å². The van der Waals surface area contributed by atoms with Crippen LogP contribution in [0, 0.1) is 11.3 Å². The molecular formula is C23H19N7O. The number of nitrogens with two attached hydrogens (primary N) is 1. The number of hydrogen-bond acceptors (Lipinski definition) is 6. The van der Waals surface area contributed by atoms with E-state index in [2.05, 4.69) is 27.2 Å². The van der Waals surface area contributed by atoms with E-state index in [1.807, 2.05) is 30.1 Å². The molecule has 1 amide bonds. The van der Waals surface area contributed by atoms with Gasteiger partial charge in [0.1, 0.15) is 17.8 Å². The van der Waals surface area contributed by atoms with Crippen LogP contribution in [-0.2, 0) is 24.7 Å². The number of fused-ring (bicyclic) bond motifs is 2. The maximum atomic E-state index is 12.9. The average Bonchev–Trinajstić information content (AvgIpc) is 3.35. The van der Waals surface area contributed by atoms with E-state index < -0.39 is 0 Å². The topological polar surface area (TPSA) is 114 Å². The van der Waals surface area contributed by atoms with E-state index in [9.17, 15) is 4.79 Å². The lowest BCUT2D eigenvalue weighted by Gasteiger charge is -2.17. The molecule has 0 saturated heterocycles. The molecule has 31 heavy (non-hydrogen) atoms. The number of nitrogen functional groups attached to an aromatic ring is 1. The Balaban J connectivity index is 1.46. The average molecular weight is 409 g/mol. The molecule has 2 aromatic carbocycles. The van der Waals surface area contributed by atoms with E-state index in [1.165, 1.54) is 6.33 Å².